The summed E-state index contributed by atoms with van der Waals surface area (Å²) in [4.78, 5) is 9.93. The minimum Gasteiger partial charge on any atom is -0.333 e. The number of nitrogens with one attached hydrogen (secondary N) is 2. The highest BCUT2D eigenvalue weighted by Crippen LogP contribution is 1.76. The lowest BCUT2D eigenvalue weighted by Crippen LogP contribution is -2.21. The molecule has 1 radical (unpaired) electrons. The summed E-state index contributed by atoms with van der Waals surface area (Å²) >= 11 is 0. The molecule has 51 valence electrons. The van der Waals surface area contributed by atoms with Crippen LogP contribution in [0.2, 0.25) is 0 Å². The Morgan fingerprint density at radius 3 is 2.78 bits per heavy atom. The normalized spacial score (nSPS) is 9.89. The fraction of sp³-hybridized carbons (Fsp3) is 0.500. The van der Waals surface area contributed by atoms with Crippen LogP contribution in [0.25, 0.3) is 0 Å². The maximum Gasteiger partial charge on any atom is 0.333 e. The van der Waals surface area contributed by atoms with Gasteiger partial charge >= 0.3 is 6.03 Å². The Morgan fingerprint density at radius 2 is 2.33 bits per heavy atom. The molecule has 0 unspecified atom stereocenters. The quantitative estimate of drug-likeness (QED) is 0.564. The molecule has 0 aliphatic heterocycles. The number of urea groups is 1. The minimum atomic E-state index is -0.726. The molecule has 0 heterocycles. The molecule has 2 amide bonds. The molecule has 3 heteroatoms. The smallest absolute Gasteiger partial charge is 0.333 e. The zero-order valence-electron chi connectivity index (χ0n) is 5.48. The molecule has 0 aromatic rings. The van der Waals surface area contributed by atoms with Crippen molar-refractivity contribution < 1.29 is 4.79 Å². The van der Waals surface area contributed by atoms with E-state index in [0.29, 0.717) is 6.54 Å². The van der Waals surface area contributed by atoms with Crippen molar-refractivity contribution >= 4 is 6.03 Å². The number of allylic oxidation sites excluding steroid dienone is 1. The van der Waals surface area contributed by atoms with Crippen molar-refractivity contribution in [3.8, 4) is 0 Å². The van der Waals surface area contributed by atoms with Gasteiger partial charge in [0.25, 0.3) is 0 Å². The molecule has 0 spiro atoms. The zero-order valence-corrected chi connectivity index (χ0v) is 5.48. The van der Waals surface area contributed by atoms with Crippen LogP contribution >= 0.6 is 0 Å². The predicted molar refractivity (Wildman–Crippen MR) is 35.9 cm³/mol. The molecule has 2 N–H and O–H groups in total. The lowest BCUT2D eigenvalue weighted by Gasteiger charge is -1.91. The van der Waals surface area contributed by atoms with Crippen LogP contribution in [0.3, 0.4) is 0 Å². The summed E-state index contributed by atoms with van der Waals surface area (Å²) in [5.41, 5.74) is 6.43. The monoisotopic (exact) mass is 127 g/mol. The van der Waals surface area contributed by atoms with Gasteiger partial charge in [-0.2, -0.15) is 0 Å². The Bertz CT molecular complexity index is 110. The first-order valence-electron chi connectivity index (χ1n) is 2.91. The van der Waals surface area contributed by atoms with Gasteiger partial charge in [0.05, 0.1) is 0 Å². The third kappa shape index (κ3) is 7.01. The number of carbonyl (C=O) groups excluding carboxylic acids is 1. The second kappa shape index (κ2) is 5.15. The fourth-order valence-electron chi connectivity index (χ4n) is 0.402. The summed E-state index contributed by atoms with van der Waals surface area (Å²) in [6, 6.07) is -0.726. The van der Waals surface area contributed by atoms with Crippen molar-refractivity contribution in [2.75, 3.05) is 6.54 Å². The van der Waals surface area contributed by atoms with Crippen LogP contribution < -0.4 is 11.1 Å². The minimum absolute atomic E-state index is 0.468. The van der Waals surface area contributed by atoms with Gasteiger partial charge in [0.15, 0.2) is 0 Å². The Kier molecular flexibility index (Phi) is 4.59. The molecule has 0 bridgehead atoms. The first-order chi connectivity index (χ1) is 4.27. The number of carbonyl (C=O) groups is 1. The van der Waals surface area contributed by atoms with E-state index in [1.165, 1.54) is 0 Å². The van der Waals surface area contributed by atoms with Gasteiger partial charge in [-0.25, -0.2) is 10.5 Å². The Hall–Kier alpha value is -0.990. The summed E-state index contributed by atoms with van der Waals surface area (Å²) in [6.07, 6.45) is 4.73. The van der Waals surface area contributed by atoms with Gasteiger partial charge < -0.3 is 5.32 Å². The standard InChI is InChI=1S/C6H11N2O/c1-2-3-4-5-8-6(7)9/h3-4,7H,2,5H2,1H3,(H,8,9)/b4-3+. The molecule has 0 rings (SSSR count). The Balaban J connectivity index is 3.09. The Labute approximate surface area is 54.9 Å². The van der Waals surface area contributed by atoms with Crippen LogP contribution in [0.15, 0.2) is 12.2 Å². The van der Waals surface area contributed by atoms with Gasteiger partial charge in [0, 0.05) is 6.54 Å². The van der Waals surface area contributed by atoms with E-state index in [9.17, 15) is 4.79 Å². The predicted octanol–water partition coefficient (Wildman–Crippen LogP) is 0.945. The van der Waals surface area contributed by atoms with E-state index in [1.807, 2.05) is 19.1 Å². The second-order valence-corrected chi connectivity index (χ2v) is 1.59. The number of amides is 2. The first-order valence-corrected chi connectivity index (χ1v) is 2.91. The van der Waals surface area contributed by atoms with Gasteiger partial charge in [-0.05, 0) is 6.42 Å². The lowest BCUT2D eigenvalue weighted by atomic mass is 10.4. The molecule has 3 nitrogen and oxygen atoms in total. The molecule has 0 aromatic heterocycles. The van der Waals surface area contributed by atoms with Crippen molar-refractivity contribution in [2.24, 2.45) is 0 Å². The number of hydrogen-bond donors (Lipinski definition) is 1. The molecular formula is C6H11N2O. The molecule has 0 aromatic carbocycles. The van der Waals surface area contributed by atoms with Crippen LogP contribution in [-0.2, 0) is 0 Å². The maximum atomic E-state index is 9.93. The van der Waals surface area contributed by atoms with Crippen molar-refractivity contribution in [1.29, 1.82) is 0 Å². The topological polar surface area (TPSA) is 52.9 Å². The summed E-state index contributed by atoms with van der Waals surface area (Å²) in [5.74, 6) is 0. The van der Waals surface area contributed by atoms with Gasteiger partial charge in [-0.15, -0.1) is 0 Å². The molecule has 0 fully saturated rings. The summed E-state index contributed by atoms with van der Waals surface area (Å²) in [5, 5.41) is 2.32. The first kappa shape index (κ1) is 8.01. The van der Waals surface area contributed by atoms with Gasteiger partial charge in [0.2, 0.25) is 0 Å². The van der Waals surface area contributed by atoms with Crippen molar-refractivity contribution in [3.63, 3.8) is 0 Å². The van der Waals surface area contributed by atoms with Crippen molar-refractivity contribution in [3.05, 3.63) is 12.2 Å². The molecule has 0 saturated carbocycles. The molecule has 9 heavy (non-hydrogen) atoms. The van der Waals surface area contributed by atoms with E-state index in [4.69, 9.17) is 5.73 Å². The van der Waals surface area contributed by atoms with Gasteiger partial charge in [0.1, 0.15) is 0 Å². The van der Waals surface area contributed by atoms with E-state index in [2.05, 4.69) is 5.32 Å². The van der Waals surface area contributed by atoms with E-state index in [-0.39, 0.29) is 0 Å². The molecule has 0 saturated heterocycles. The third-order valence-electron chi connectivity index (χ3n) is 0.783. The highest BCUT2D eigenvalue weighted by atomic mass is 16.2. The SMILES string of the molecule is CC/C=C/CNC([NH])=O. The largest absolute Gasteiger partial charge is 0.333 e. The van der Waals surface area contributed by atoms with Crippen LogP contribution in [0.1, 0.15) is 13.3 Å². The number of hydrogen-bond acceptors (Lipinski definition) is 1. The Morgan fingerprint density at radius 1 is 1.67 bits per heavy atom. The maximum absolute atomic E-state index is 9.93. The van der Waals surface area contributed by atoms with Gasteiger partial charge in [-0.3, -0.25) is 0 Å². The molecule has 0 aliphatic carbocycles. The second-order valence-electron chi connectivity index (χ2n) is 1.59. The fourth-order valence-corrected chi connectivity index (χ4v) is 0.402. The molecule has 0 atom stereocenters. The van der Waals surface area contributed by atoms with E-state index >= 15 is 0 Å². The van der Waals surface area contributed by atoms with Crippen LogP contribution in [0, 0.1) is 0 Å². The van der Waals surface area contributed by atoms with E-state index < -0.39 is 6.03 Å². The lowest BCUT2D eigenvalue weighted by molar-refractivity contribution is 0.248. The highest BCUT2D eigenvalue weighted by Gasteiger charge is 1.84. The summed E-state index contributed by atoms with van der Waals surface area (Å²) in [6.45, 7) is 2.48. The van der Waals surface area contributed by atoms with Crippen molar-refractivity contribution in [1.82, 2.24) is 11.1 Å². The van der Waals surface area contributed by atoms with E-state index in [0.717, 1.165) is 6.42 Å². The van der Waals surface area contributed by atoms with Crippen LogP contribution in [-0.4, -0.2) is 12.6 Å². The average molecular weight is 127 g/mol. The summed E-state index contributed by atoms with van der Waals surface area (Å²) in [7, 11) is 0. The molecular weight excluding hydrogens is 116 g/mol. The highest BCUT2D eigenvalue weighted by molar-refractivity contribution is 5.70. The van der Waals surface area contributed by atoms with Crippen LogP contribution in [0.5, 0.6) is 0 Å². The van der Waals surface area contributed by atoms with Gasteiger partial charge in [-0.1, -0.05) is 19.1 Å². The van der Waals surface area contributed by atoms with E-state index in [1.54, 1.807) is 0 Å². The van der Waals surface area contributed by atoms with Crippen molar-refractivity contribution in [2.45, 2.75) is 13.3 Å². The third-order valence-corrected chi connectivity index (χ3v) is 0.783. The van der Waals surface area contributed by atoms with Crippen LogP contribution in [0.4, 0.5) is 4.79 Å². The summed E-state index contributed by atoms with van der Waals surface area (Å²) < 4.78 is 0. The molecule has 0 aliphatic rings. The average Bonchev–Trinajstić information content (AvgIpc) is 1.80. The zero-order chi connectivity index (χ0) is 7.11. The number of rotatable bonds is 3.